The largest absolute Gasteiger partial charge is 0.382 e. The Morgan fingerprint density at radius 2 is 1.35 bits per heavy atom. The molecule has 1 saturated carbocycles. The zero-order valence-corrected chi connectivity index (χ0v) is 13.2. The van der Waals surface area contributed by atoms with E-state index in [2.05, 4.69) is 36.5 Å². The van der Waals surface area contributed by atoms with Gasteiger partial charge in [0.2, 0.25) is 0 Å². The first-order chi connectivity index (χ1) is 9.84. The Morgan fingerprint density at radius 1 is 0.800 bits per heavy atom. The average molecular weight is 273 g/mol. The topological polar surface area (TPSA) is 12.0 Å². The van der Waals surface area contributed by atoms with E-state index in [-0.39, 0.29) is 0 Å². The quantitative estimate of drug-likeness (QED) is 0.688. The summed E-state index contributed by atoms with van der Waals surface area (Å²) < 4.78 is 0. The lowest BCUT2D eigenvalue weighted by Gasteiger charge is -2.21. The number of nitrogens with one attached hydrogen (secondary N) is 1. The molecule has 1 aliphatic rings. The van der Waals surface area contributed by atoms with Crippen LogP contribution in [-0.2, 0) is 0 Å². The van der Waals surface area contributed by atoms with E-state index in [4.69, 9.17) is 0 Å². The maximum Gasteiger partial charge on any atom is 0.0344 e. The van der Waals surface area contributed by atoms with Gasteiger partial charge in [-0.05, 0) is 37.5 Å². The molecule has 1 aromatic carbocycles. The van der Waals surface area contributed by atoms with E-state index in [1.54, 1.807) is 0 Å². The summed E-state index contributed by atoms with van der Waals surface area (Å²) in [5, 5.41) is 3.77. The van der Waals surface area contributed by atoms with Gasteiger partial charge in [-0.15, -0.1) is 0 Å². The maximum atomic E-state index is 3.77. The van der Waals surface area contributed by atoms with Gasteiger partial charge in [-0.3, -0.25) is 0 Å². The smallest absolute Gasteiger partial charge is 0.0344 e. The van der Waals surface area contributed by atoms with Gasteiger partial charge in [0.15, 0.2) is 0 Å². The summed E-state index contributed by atoms with van der Waals surface area (Å²) >= 11 is 0. The number of hydrogen-bond donors (Lipinski definition) is 1. The molecule has 0 saturated heterocycles. The van der Waals surface area contributed by atoms with Gasteiger partial charge >= 0.3 is 0 Å². The molecule has 0 unspecified atom stereocenters. The van der Waals surface area contributed by atoms with Crippen molar-refractivity contribution in [2.24, 2.45) is 0 Å². The Balaban J connectivity index is 1.85. The van der Waals surface area contributed by atoms with Crippen LogP contribution in [0, 0.1) is 6.92 Å². The van der Waals surface area contributed by atoms with Gasteiger partial charge in [-0.25, -0.2) is 0 Å². The van der Waals surface area contributed by atoms with Gasteiger partial charge in [0.25, 0.3) is 0 Å². The van der Waals surface area contributed by atoms with Crippen molar-refractivity contribution in [3.8, 4) is 0 Å². The molecule has 1 fully saturated rings. The molecule has 0 aliphatic heterocycles. The number of anilines is 1. The molecule has 1 aromatic rings. The molecule has 0 amide bonds. The second-order valence-electron chi connectivity index (χ2n) is 6.47. The molecule has 0 heterocycles. The molecule has 0 aromatic heterocycles. The summed E-state index contributed by atoms with van der Waals surface area (Å²) in [7, 11) is 0. The molecule has 1 nitrogen and oxygen atoms in total. The van der Waals surface area contributed by atoms with E-state index >= 15 is 0 Å². The van der Waals surface area contributed by atoms with Crippen molar-refractivity contribution in [2.45, 2.75) is 83.6 Å². The minimum absolute atomic E-state index is 0.677. The predicted octanol–water partition coefficient (Wildman–Crippen LogP) is 6.08. The molecule has 2 rings (SSSR count). The van der Waals surface area contributed by atoms with Crippen molar-refractivity contribution in [3.63, 3.8) is 0 Å². The molecule has 0 radical (unpaired) electrons. The molecular formula is C19H31N. The van der Waals surface area contributed by atoms with E-state index in [0.29, 0.717) is 6.04 Å². The van der Waals surface area contributed by atoms with Gasteiger partial charge in [-0.1, -0.05) is 69.9 Å². The third-order valence-corrected chi connectivity index (χ3v) is 4.49. The second kappa shape index (κ2) is 9.05. The number of aryl methyl sites for hydroxylation is 1. The SMILES string of the molecule is Cc1cccc(NC2CCCCCCCCCCC2)c1. The van der Waals surface area contributed by atoms with Crippen LogP contribution in [0.4, 0.5) is 5.69 Å². The van der Waals surface area contributed by atoms with Gasteiger partial charge < -0.3 is 5.32 Å². The Labute approximate surface area is 125 Å². The highest BCUT2D eigenvalue weighted by Crippen LogP contribution is 2.20. The second-order valence-corrected chi connectivity index (χ2v) is 6.47. The molecule has 0 atom stereocenters. The van der Waals surface area contributed by atoms with Crippen LogP contribution in [0.25, 0.3) is 0 Å². The third-order valence-electron chi connectivity index (χ3n) is 4.49. The summed E-state index contributed by atoms with van der Waals surface area (Å²) in [6.45, 7) is 2.17. The van der Waals surface area contributed by atoms with E-state index in [1.165, 1.54) is 81.9 Å². The summed E-state index contributed by atoms with van der Waals surface area (Å²) in [5.74, 6) is 0. The summed E-state index contributed by atoms with van der Waals surface area (Å²) in [6.07, 6.45) is 15.6. The molecule has 1 aliphatic carbocycles. The molecule has 0 spiro atoms. The van der Waals surface area contributed by atoms with Crippen LogP contribution >= 0.6 is 0 Å². The van der Waals surface area contributed by atoms with Gasteiger partial charge in [-0.2, -0.15) is 0 Å². The lowest BCUT2D eigenvalue weighted by atomic mass is 9.97. The first-order valence-electron chi connectivity index (χ1n) is 8.68. The van der Waals surface area contributed by atoms with Crippen molar-refractivity contribution >= 4 is 5.69 Å². The summed E-state index contributed by atoms with van der Waals surface area (Å²) in [4.78, 5) is 0. The van der Waals surface area contributed by atoms with Crippen molar-refractivity contribution in [2.75, 3.05) is 5.32 Å². The first-order valence-corrected chi connectivity index (χ1v) is 8.68. The van der Waals surface area contributed by atoms with Gasteiger partial charge in [0.05, 0.1) is 0 Å². The average Bonchev–Trinajstić information content (AvgIpc) is 2.42. The van der Waals surface area contributed by atoms with Crippen LogP contribution in [0.3, 0.4) is 0 Å². The van der Waals surface area contributed by atoms with Crippen molar-refractivity contribution in [1.29, 1.82) is 0 Å². The monoisotopic (exact) mass is 273 g/mol. The lowest BCUT2D eigenvalue weighted by molar-refractivity contribution is 0.480. The molecule has 112 valence electrons. The van der Waals surface area contributed by atoms with E-state index < -0.39 is 0 Å². The highest BCUT2D eigenvalue weighted by molar-refractivity contribution is 5.46. The normalized spacial score (nSPS) is 19.9. The molecule has 1 heteroatoms. The zero-order valence-electron chi connectivity index (χ0n) is 13.2. The van der Waals surface area contributed by atoms with Crippen LogP contribution in [0.1, 0.15) is 76.2 Å². The first kappa shape index (κ1) is 15.4. The standard InChI is InChI=1S/C19H31N/c1-17-12-11-15-19(16-17)20-18-13-9-7-5-3-2-4-6-8-10-14-18/h11-12,15-16,18,20H,2-10,13-14H2,1H3. The Bertz CT molecular complexity index is 360. The molecular weight excluding hydrogens is 242 g/mol. The highest BCUT2D eigenvalue weighted by Gasteiger charge is 2.09. The van der Waals surface area contributed by atoms with E-state index in [1.807, 2.05) is 0 Å². The minimum atomic E-state index is 0.677. The summed E-state index contributed by atoms with van der Waals surface area (Å²) in [5.41, 5.74) is 2.66. The third kappa shape index (κ3) is 5.98. The Kier molecular flexibility index (Phi) is 6.97. The Hall–Kier alpha value is -0.980. The molecule has 0 bridgehead atoms. The number of hydrogen-bond acceptors (Lipinski definition) is 1. The van der Waals surface area contributed by atoms with Crippen LogP contribution in [0.5, 0.6) is 0 Å². The number of rotatable bonds is 2. The predicted molar refractivity (Wildman–Crippen MR) is 89.4 cm³/mol. The van der Waals surface area contributed by atoms with Gasteiger partial charge in [0.1, 0.15) is 0 Å². The lowest BCUT2D eigenvalue weighted by Crippen LogP contribution is -2.19. The Morgan fingerprint density at radius 3 is 1.90 bits per heavy atom. The van der Waals surface area contributed by atoms with Gasteiger partial charge in [0, 0.05) is 11.7 Å². The fourth-order valence-corrected chi connectivity index (χ4v) is 3.28. The minimum Gasteiger partial charge on any atom is -0.382 e. The molecule has 1 N–H and O–H groups in total. The fraction of sp³-hybridized carbons (Fsp3) is 0.684. The number of benzene rings is 1. The fourth-order valence-electron chi connectivity index (χ4n) is 3.28. The van der Waals surface area contributed by atoms with Crippen molar-refractivity contribution in [1.82, 2.24) is 0 Å². The van der Waals surface area contributed by atoms with Crippen molar-refractivity contribution < 1.29 is 0 Å². The highest BCUT2D eigenvalue weighted by atomic mass is 14.9. The van der Waals surface area contributed by atoms with Crippen LogP contribution in [0.15, 0.2) is 24.3 Å². The van der Waals surface area contributed by atoms with Crippen LogP contribution in [0.2, 0.25) is 0 Å². The summed E-state index contributed by atoms with van der Waals surface area (Å²) in [6, 6.07) is 9.50. The zero-order chi connectivity index (χ0) is 14.0. The van der Waals surface area contributed by atoms with Crippen molar-refractivity contribution in [3.05, 3.63) is 29.8 Å². The molecule has 20 heavy (non-hydrogen) atoms. The van der Waals surface area contributed by atoms with E-state index in [0.717, 1.165) is 0 Å². The van der Waals surface area contributed by atoms with Crippen LogP contribution < -0.4 is 5.32 Å². The maximum absolute atomic E-state index is 3.77. The van der Waals surface area contributed by atoms with E-state index in [9.17, 15) is 0 Å². The van der Waals surface area contributed by atoms with Crippen LogP contribution in [-0.4, -0.2) is 6.04 Å².